The molecule has 1 aromatic heterocycles. The average molecular weight is 290 g/mol. The van der Waals surface area contributed by atoms with Gasteiger partial charge in [0.15, 0.2) is 0 Å². The van der Waals surface area contributed by atoms with Gasteiger partial charge in [0.25, 0.3) is 0 Å². The molecular weight excluding hydrogens is 272 g/mol. The van der Waals surface area contributed by atoms with E-state index in [1.54, 1.807) is 0 Å². The summed E-state index contributed by atoms with van der Waals surface area (Å²) < 4.78 is 0. The molecule has 1 fully saturated rings. The van der Waals surface area contributed by atoms with Crippen LogP contribution in [0.5, 0.6) is 0 Å². The summed E-state index contributed by atoms with van der Waals surface area (Å²) in [5.74, 6) is 0.341. The number of nitrogens with one attached hydrogen (secondary N) is 1. The van der Waals surface area contributed by atoms with Gasteiger partial charge >= 0.3 is 0 Å². The molecular formula is C19H18N2O. The van der Waals surface area contributed by atoms with Crippen molar-refractivity contribution in [3.63, 3.8) is 0 Å². The van der Waals surface area contributed by atoms with E-state index < -0.39 is 0 Å². The minimum atomic E-state index is 0.239. The minimum absolute atomic E-state index is 0.239. The van der Waals surface area contributed by atoms with Crippen LogP contribution in [-0.2, 0) is 11.2 Å². The van der Waals surface area contributed by atoms with Crippen LogP contribution < -0.4 is 0 Å². The fraction of sp³-hybridized carbons (Fsp3) is 0.316. The van der Waals surface area contributed by atoms with Gasteiger partial charge in [0, 0.05) is 40.7 Å². The van der Waals surface area contributed by atoms with E-state index in [-0.39, 0.29) is 6.04 Å². The Kier molecular flexibility index (Phi) is 2.37. The third kappa shape index (κ3) is 1.37. The number of para-hydroxylation sites is 1. The molecule has 0 spiro atoms. The van der Waals surface area contributed by atoms with Gasteiger partial charge in [-0.25, -0.2) is 0 Å². The van der Waals surface area contributed by atoms with Crippen molar-refractivity contribution < 1.29 is 4.79 Å². The highest BCUT2D eigenvalue weighted by atomic mass is 16.1. The number of aldehydes is 1. The van der Waals surface area contributed by atoms with Crippen molar-refractivity contribution in [2.45, 2.75) is 25.4 Å². The van der Waals surface area contributed by atoms with Gasteiger partial charge in [-0.05, 0) is 25.0 Å². The van der Waals surface area contributed by atoms with Gasteiger partial charge in [-0.2, -0.15) is 0 Å². The van der Waals surface area contributed by atoms with Gasteiger partial charge in [-0.15, -0.1) is 0 Å². The summed E-state index contributed by atoms with van der Waals surface area (Å²) in [4.78, 5) is 17.7. The maximum Gasteiger partial charge on any atom is 0.147 e. The van der Waals surface area contributed by atoms with Gasteiger partial charge in [0.2, 0.25) is 0 Å². The zero-order valence-electron chi connectivity index (χ0n) is 12.5. The van der Waals surface area contributed by atoms with Crippen LogP contribution in [0, 0.1) is 5.92 Å². The predicted octanol–water partition coefficient (Wildman–Crippen LogP) is 3.15. The van der Waals surface area contributed by atoms with E-state index in [9.17, 15) is 4.79 Å². The Hall–Kier alpha value is -2.13. The van der Waals surface area contributed by atoms with Gasteiger partial charge in [-0.3, -0.25) is 9.69 Å². The van der Waals surface area contributed by atoms with E-state index in [0.29, 0.717) is 12.0 Å². The number of carbonyl (C=O) groups is 1. The van der Waals surface area contributed by atoms with Crippen molar-refractivity contribution in [3.8, 4) is 0 Å². The lowest BCUT2D eigenvalue weighted by Crippen LogP contribution is -2.45. The number of aromatic nitrogens is 1. The molecule has 1 N–H and O–H groups in total. The Balaban J connectivity index is 1.78. The molecule has 1 unspecified atom stereocenters. The topological polar surface area (TPSA) is 36.1 Å². The van der Waals surface area contributed by atoms with Gasteiger partial charge in [0.1, 0.15) is 6.29 Å². The van der Waals surface area contributed by atoms with Crippen LogP contribution >= 0.6 is 0 Å². The van der Waals surface area contributed by atoms with Crippen LogP contribution in [0.2, 0.25) is 0 Å². The second-order valence-corrected chi connectivity index (χ2v) is 6.57. The number of aromatic amines is 1. The largest absolute Gasteiger partial charge is 0.357 e. The second kappa shape index (κ2) is 4.20. The molecule has 22 heavy (non-hydrogen) atoms. The molecule has 110 valence electrons. The van der Waals surface area contributed by atoms with Crippen LogP contribution in [0.25, 0.3) is 10.9 Å². The highest BCUT2D eigenvalue weighted by Gasteiger charge is 2.50. The first kappa shape index (κ1) is 12.4. The second-order valence-electron chi connectivity index (χ2n) is 6.57. The van der Waals surface area contributed by atoms with Crippen molar-refractivity contribution in [2.75, 3.05) is 6.54 Å². The first-order valence-corrected chi connectivity index (χ1v) is 7.99. The lowest BCUT2D eigenvalue weighted by molar-refractivity contribution is -0.105. The van der Waals surface area contributed by atoms with E-state index in [2.05, 4.69) is 53.2 Å². The molecule has 3 heteroatoms. The van der Waals surface area contributed by atoms with E-state index in [1.807, 2.05) is 0 Å². The molecule has 4 bridgehead atoms. The van der Waals surface area contributed by atoms with E-state index >= 15 is 0 Å². The Morgan fingerprint density at radius 3 is 3.00 bits per heavy atom. The van der Waals surface area contributed by atoms with Crippen molar-refractivity contribution >= 4 is 17.2 Å². The SMILES string of the molecule is C/C=C1/CN2[C@@H]3c4[nH]c5ccccc5c4C[C@H]2C(C=O)=C[C@H]13. The molecule has 4 atom stereocenters. The Labute approximate surface area is 129 Å². The zero-order valence-corrected chi connectivity index (χ0v) is 12.5. The summed E-state index contributed by atoms with van der Waals surface area (Å²) in [6.07, 6.45) is 6.45. The molecule has 3 nitrogen and oxygen atoms in total. The van der Waals surface area contributed by atoms with Gasteiger partial charge in [0.05, 0.1) is 6.04 Å². The fourth-order valence-electron chi connectivity index (χ4n) is 4.70. The number of benzene rings is 1. The van der Waals surface area contributed by atoms with Crippen molar-refractivity contribution in [1.82, 2.24) is 9.88 Å². The van der Waals surface area contributed by atoms with E-state index in [0.717, 1.165) is 24.8 Å². The molecule has 5 rings (SSSR count). The number of fused-ring (bicyclic) bond motifs is 3. The maximum absolute atomic E-state index is 11.6. The first-order chi connectivity index (χ1) is 10.8. The molecule has 0 radical (unpaired) electrons. The number of nitrogens with zero attached hydrogens (tertiary/aromatic N) is 1. The van der Waals surface area contributed by atoms with Crippen LogP contribution in [0.3, 0.4) is 0 Å². The molecule has 0 saturated carbocycles. The molecule has 2 aromatic rings. The molecule has 3 aliphatic rings. The highest BCUT2D eigenvalue weighted by molar-refractivity contribution is 5.86. The number of H-pyrrole nitrogens is 1. The quantitative estimate of drug-likeness (QED) is 0.647. The number of hydrogen-bond acceptors (Lipinski definition) is 2. The first-order valence-electron chi connectivity index (χ1n) is 7.99. The minimum Gasteiger partial charge on any atom is -0.357 e. The molecule has 1 saturated heterocycles. The van der Waals surface area contributed by atoms with E-state index in [4.69, 9.17) is 0 Å². The average Bonchev–Trinajstić information content (AvgIpc) is 3.04. The molecule has 0 amide bonds. The normalized spacial score (nSPS) is 33.9. The monoisotopic (exact) mass is 290 g/mol. The molecule has 1 aromatic carbocycles. The predicted molar refractivity (Wildman–Crippen MR) is 86.6 cm³/mol. The Morgan fingerprint density at radius 2 is 2.18 bits per heavy atom. The summed E-state index contributed by atoms with van der Waals surface area (Å²) in [5.41, 5.74) is 6.40. The van der Waals surface area contributed by atoms with Gasteiger partial charge in [-0.1, -0.05) is 35.9 Å². The Morgan fingerprint density at radius 1 is 1.32 bits per heavy atom. The molecule has 4 heterocycles. The Bertz CT molecular complexity index is 857. The summed E-state index contributed by atoms with van der Waals surface area (Å²) in [7, 11) is 0. The number of hydrogen-bond donors (Lipinski definition) is 1. The highest BCUT2D eigenvalue weighted by Crippen LogP contribution is 2.52. The van der Waals surface area contributed by atoms with Crippen LogP contribution in [-0.4, -0.2) is 28.8 Å². The smallest absolute Gasteiger partial charge is 0.147 e. The third-order valence-corrected chi connectivity index (χ3v) is 5.69. The summed E-state index contributed by atoms with van der Waals surface area (Å²) in [6, 6.07) is 9.14. The van der Waals surface area contributed by atoms with Crippen LogP contribution in [0.15, 0.2) is 47.6 Å². The maximum atomic E-state index is 11.6. The number of allylic oxidation sites excluding steroid dienone is 1. The van der Waals surface area contributed by atoms with Crippen LogP contribution in [0.4, 0.5) is 0 Å². The van der Waals surface area contributed by atoms with Crippen molar-refractivity contribution in [1.29, 1.82) is 0 Å². The lowest BCUT2D eigenvalue weighted by atomic mass is 9.79. The summed E-state index contributed by atoms with van der Waals surface area (Å²) in [6.45, 7) is 3.10. The standard InChI is InChI=1S/C19H18N2O/c1-2-11-9-21-17-8-15-13-5-3-4-6-16(13)20-18(15)19(21)14(11)7-12(17)10-22/h2-7,10,14,17,19-20H,8-9H2,1H3/b11-2-/t14-,17+,19+/m1/s1. The number of rotatable bonds is 1. The molecule has 3 aliphatic heterocycles. The molecule has 0 aliphatic carbocycles. The van der Waals surface area contributed by atoms with Gasteiger partial charge < -0.3 is 4.98 Å². The van der Waals surface area contributed by atoms with Crippen LogP contribution in [0.1, 0.15) is 24.2 Å². The third-order valence-electron chi connectivity index (χ3n) is 5.69. The zero-order chi connectivity index (χ0) is 14.8. The van der Waals surface area contributed by atoms with Crippen molar-refractivity contribution in [3.05, 3.63) is 58.8 Å². The lowest BCUT2D eigenvalue weighted by Gasteiger charge is -2.42. The summed E-state index contributed by atoms with van der Waals surface area (Å²) >= 11 is 0. The van der Waals surface area contributed by atoms with E-state index in [1.165, 1.54) is 27.7 Å². The van der Waals surface area contributed by atoms with Crippen molar-refractivity contribution in [2.24, 2.45) is 5.92 Å². The number of carbonyl (C=O) groups excluding carboxylic acids is 1. The fourth-order valence-corrected chi connectivity index (χ4v) is 4.70. The summed E-state index contributed by atoms with van der Waals surface area (Å²) in [5, 5.41) is 1.32.